The lowest BCUT2D eigenvalue weighted by Gasteiger charge is -2.02. The molecule has 0 amide bonds. The predicted octanol–water partition coefficient (Wildman–Crippen LogP) is 4.34. The number of aromatic hydroxyl groups is 1. The maximum Gasteiger partial charge on any atom is 0.116 e. The minimum atomic E-state index is 0.307. The predicted molar refractivity (Wildman–Crippen MR) is 69.1 cm³/mol. The third kappa shape index (κ3) is 3.19. The Morgan fingerprint density at radius 2 is 1.81 bits per heavy atom. The van der Waals surface area contributed by atoms with E-state index >= 15 is 0 Å². The van der Waals surface area contributed by atoms with Gasteiger partial charge in [0.2, 0.25) is 0 Å². The Morgan fingerprint density at radius 3 is 2.50 bits per heavy atom. The molecule has 0 atom stereocenters. The van der Waals surface area contributed by atoms with Gasteiger partial charge in [0.1, 0.15) is 5.75 Å². The van der Waals surface area contributed by atoms with Crippen LogP contribution in [0, 0.1) is 0 Å². The van der Waals surface area contributed by atoms with E-state index in [1.165, 1.54) is 5.56 Å². The van der Waals surface area contributed by atoms with E-state index < -0.39 is 0 Å². The van der Waals surface area contributed by atoms with Crippen LogP contribution in [0.5, 0.6) is 5.75 Å². The third-order valence-corrected chi connectivity index (χ3v) is 3.45. The number of thioether (sulfide) groups is 1. The van der Waals surface area contributed by atoms with Gasteiger partial charge in [0.25, 0.3) is 0 Å². The first kappa shape index (κ1) is 11.4. The van der Waals surface area contributed by atoms with Crippen LogP contribution in [0.4, 0.5) is 0 Å². The summed E-state index contributed by atoms with van der Waals surface area (Å²) in [4.78, 5) is 1.06. The van der Waals surface area contributed by atoms with Crippen molar-refractivity contribution in [2.45, 2.75) is 10.6 Å². The second-order valence-corrected chi connectivity index (χ2v) is 4.90. The summed E-state index contributed by atoms with van der Waals surface area (Å²) in [7, 11) is 0. The Bertz CT molecular complexity index is 468. The maximum atomic E-state index is 9.32. The molecule has 0 heterocycles. The van der Waals surface area contributed by atoms with Crippen LogP contribution in [-0.2, 0) is 5.75 Å². The fraction of sp³-hybridized carbons (Fsp3) is 0.0769. The molecule has 0 fully saturated rings. The van der Waals surface area contributed by atoms with Gasteiger partial charge in [-0.05, 0) is 35.9 Å². The van der Waals surface area contributed by atoms with Crippen molar-refractivity contribution in [3.8, 4) is 5.75 Å². The molecule has 82 valence electrons. The first-order chi connectivity index (χ1) is 7.74. The van der Waals surface area contributed by atoms with Crippen LogP contribution >= 0.6 is 23.4 Å². The van der Waals surface area contributed by atoms with Gasteiger partial charge in [0.15, 0.2) is 0 Å². The molecule has 0 saturated heterocycles. The minimum Gasteiger partial charge on any atom is -0.508 e. The fourth-order valence-corrected chi connectivity index (χ4v) is 2.35. The highest BCUT2D eigenvalue weighted by atomic mass is 35.5. The van der Waals surface area contributed by atoms with E-state index in [9.17, 15) is 5.11 Å². The molecular weight excluding hydrogens is 240 g/mol. The summed E-state index contributed by atoms with van der Waals surface area (Å²) >= 11 is 7.50. The molecule has 0 radical (unpaired) electrons. The highest BCUT2D eigenvalue weighted by molar-refractivity contribution is 7.98. The summed E-state index contributed by atoms with van der Waals surface area (Å²) < 4.78 is 0. The minimum absolute atomic E-state index is 0.307. The van der Waals surface area contributed by atoms with Crippen molar-refractivity contribution in [1.29, 1.82) is 0 Å². The molecule has 0 spiro atoms. The van der Waals surface area contributed by atoms with E-state index in [1.54, 1.807) is 23.9 Å². The average molecular weight is 251 g/mol. The van der Waals surface area contributed by atoms with Gasteiger partial charge in [0, 0.05) is 15.7 Å². The van der Waals surface area contributed by atoms with Gasteiger partial charge in [0.05, 0.1) is 0 Å². The molecular formula is C13H11ClOS. The van der Waals surface area contributed by atoms with Crippen molar-refractivity contribution in [1.82, 2.24) is 0 Å². The number of phenols is 1. The Kier molecular flexibility index (Phi) is 3.75. The van der Waals surface area contributed by atoms with Crippen LogP contribution in [0.3, 0.4) is 0 Å². The van der Waals surface area contributed by atoms with Crippen LogP contribution in [0.1, 0.15) is 5.56 Å². The van der Waals surface area contributed by atoms with Crippen LogP contribution in [0.2, 0.25) is 5.02 Å². The van der Waals surface area contributed by atoms with E-state index in [0.717, 1.165) is 15.7 Å². The lowest BCUT2D eigenvalue weighted by molar-refractivity contribution is 0.474. The highest BCUT2D eigenvalue weighted by Gasteiger charge is 1.97. The average Bonchev–Trinajstić information content (AvgIpc) is 2.28. The summed E-state index contributed by atoms with van der Waals surface area (Å²) in [5.41, 5.74) is 1.22. The molecule has 2 rings (SSSR count). The zero-order valence-corrected chi connectivity index (χ0v) is 10.1. The molecule has 2 aromatic carbocycles. The van der Waals surface area contributed by atoms with Gasteiger partial charge in [-0.1, -0.05) is 29.8 Å². The van der Waals surface area contributed by atoms with Gasteiger partial charge in [-0.15, -0.1) is 11.8 Å². The van der Waals surface area contributed by atoms with Gasteiger partial charge in [-0.2, -0.15) is 0 Å². The zero-order chi connectivity index (χ0) is 11.4. The quantitative estimate of drug-likeness (QED) is 0.818. The van der Waals surface area contributed by atoms with E-state index in [4.69, 9.17) is 11.6 Å². The van der Waals surface area contributed by atoms with Crippen molar-refractivity contribution < 1.29 is 5.11 Å². The molecule has 16 heavy (non-hydrogen) atoms. The molecule has 0 saturated carbocycles. The van der Waals surface area contributed by atoms with Gasteiger partial charge in [-0.3, -0.25) is 0 Å². The van der Waals surface area contributed by atoms with Crippen LogP contribution < -0.4 is 0 Å². The summed E-state index contributed by atoms with van der Waals surface area (Å²) in [6.45, 7) is 0. The smallest absolute Gasteiger partial charge is 0.116 e. The number of hydrogen-bond acceptors (Lipinski definition) is 2. The molecule has 3 heteroatoms. The van der Waals surface area contributed by atoms with Gasteiger partial charge < -0.3 is 5.11 Å². The maximum absolute atomic E-state index is 9.32. The normalized spacial score (nSPS) is 10.3. The Balaban J connectivity index is 1.99. The first-order valence-corrected chi connectivity index (χ1v) is 6.27. The summed E-state index contributed by atoms with van der Waals surface area (Å²) in [6, 6.07) is 15.1. The molecule has 0 bridgehead atoms. The molecule has 0 aliphatic rings. The van der Waals surface area contributed by atoms with Crippen molar-refractivity contribution in [3.05, 3.63) is 59.1 Å². The molecule has 0 unspecified atom stereocenters. The number of rotatable bonds is 3. The van der Waals surface area contributed by atoms with Crippen LogP contribution in [0.15, 0.2) is 53.4 Å². The topological polar surface area (TPSA) is 20.2 Å². The summed E-state index contributed by atoms with van der Waals surface area (Å²) in [5.74, 6) is 1.18. The van der Waals surface area contributed by atoms with E-state index in [1.807, 2.05) is 36.4 Å². The lowest BCUT2D eigenvalue weighted by Crippen LogP contribution is -1.79. The number of hydrogen-bond donors (Lipinski definition) is 1. The summed E-state index contributed by atoms with van der Waals surface area (Å²) in [6.07, 6.45) is 0. The molecule has 1 nitrogen and oxygen atoms in total. The molecule has 2 aromatic rings. The van der Waals surface area contributed by atoms with Crippen molar-refractivity contribution in [2.75, 3.05) is 0 Å². The Hall–Kier alpha value is -1.12. The number of phenolic OH excluding ortho intramolecular Hbond substituents is 1. The van der Waals surface area contributed by atoms with Gasteiger partial charge in [-0.25, -0.2) is 0 Å². The highest BCUT2D eigenvalue weighted by Crippen LogP contribution is 2.25. The Labute approximate surface area is 104 Å². The first-order valence-electron chi connectivity index (χ1n) is 4.90. The lowest BCUT2D eigenvalue weighted by atomic mass is 10.2. The third-order valence-electron chi connectivity index (χ3n) is 2.14. The van der Waals surface area contributed by atoms with Crippen LogP contribution in [0.25, 0.3) is 0 Å². The molecule has 0 aromatic heterocycles. The van der Waals surface area contributed by atoms with Crippen molar-refractivity contribution >= 4 is 23.4 Å². The SMILES string of the molecule is Oc1cccc(SCc2ccc(Cl)cc2)c1. The molecule has 0 aliphatic heterocycles. The van der Waals surface area contributed by atoms with Crippen LogP contribution in [-0.4, -0.2) is 5.11 Å². The largest absolute Gasteiger partial charge is 0.508 e. The van der Waals surface area contributed by atoms with E-state index in [-0.39, 0.29) is 0 Å². The molecule has 0 aliphatic carbocycles. The Morgan fingerprint density at radius 1 is 1.06 bits per heavy atom. The second kappa shape index (κ2) is 5.28. The van der Waals surface area contributed by atoms with Crippen molar-refractivity contribution in [3.63, 3.8) is 0 Å². The standard InChI is InChI=1S/C13H11ClOS/c14-11-6-4-10(5-7-11)9-16-13-3-1-2-12(15)8-13/h1-8,15H,9H2. The monoisotopic (exact) mass is 250 g/mol. The summed E-state index contributed by atoms with van der Waals surface area (Å²) in [5, 5.41) is 10.1. The zero-order valence-electron chi connectivity index (χ0n) is 8.56. The van der Waals surface area contributed by atoms with E-state index in [2.05, 4.69) is 0 Å². The second-order valence-electron chi connectivity index (χ2n) is 3.41. The number of benzene rings is 2. The van der Waals surface area contributed by atoms with Gasteiger partial charge >= 0.3 is 0 Å². The molecule has 1 N–H and O–H groups in total. The van der Waals surface area contributed by atoms with Crippen molar-refractivity contribution in [2.24, 2.45) is 0 Å². The fourth-order valence-electron chi connectivity index (χ4n) is 1.32. The number of halogens is 1. The van der Waals surface area contributed by atoms with E-state index in [0.29, 0.717) is 5.75 Å².